The molecule has 2 aromatic carbocycles. The van der Waals surface area contributed by atoms with Crippen LogP contribution < -0.4 is 4.74 Å². The summed E-state index contributed by atoms with van der Waals surface area (Å²) in [5.74, 6) is 1.65. The van der Waals surface area contributed by atoms with Crippen LogP contribution in [0.5, 0.6) is 5.75 Å². The third-order valence-corrected chi connectivity index (χ3v) is 7.99. The van der Waals surface area contributed by atoms with Crippen molar-refractivity contribution in [3.63, 3.8) is 0 Å². The quantitative estimate of drug-likeness (QED) is 0.237. The van der Waals surface area contributed by atoms with Gasteiger partial charge in [0.05, 0.1) is 30.6 Å². The molecule has 0 amide bonds. The highest BCUT2D eigenvalue weighted by Gasteiger charge is 2.54. The Kier molecular flexibility index (Phi) is 5.83. The number of nitro benzene ring substituents is 1. The molecule has 0 spiro atoms. The number of ether oxygens (including phenoxy) is 1. The molecule has 0 radical (unpaired) electrons. The van der Waals surface area contributed by atoms with Crippen molar-refractivity contribution in [2.75, 3.05) is 20.2 Å². The Morgan fingerprint density at radius 2 is 2.09 bits per heavy atom. The number of non-ortho nitro benzene ring substituents is 1. The molecule has 4 heterocycles. The van der Waals surface area contributed by atoms with E-state index in [1.165, 1.54) is 0 Å². The second-order valence-electron chi connectivity index (χ2n) is 9.69. The number of hydrogen-bond donors (Lipinski definition) is 1. The van der Waals surface area contributed by atoms with Crippen LogP contribution in [0.2, 0.25) is 0 Å². The van der Waals surface area contributed by atoms with Gasteiger partial charge in [-0.25, -0.2) is 0 Å². The monoisotopic (exact) mass is 460 g/mol. The smallest absolute Gasteiger partial charge is 0.269 e. The highest BCUT2D eigenvalue weighted by Crippen LogP contribution is 2.48. The van der Waals surface area contributed by atoms with E-state index >= 15 is 0 Å². The van der Waals surface area contributed by atoms with Gasteiger partial charge in [0, 0.05) is 48.0 Å². The number of quaternary nitrogens is 1. The number of aromatic nitrogens is 1. The van der Waals surface area contributed by atoms with Crippen molar-refractivity contribution in [2.45, 2.75) is 31.5 Å². The number of aliphatic hydroxyl groups is 1. The van der Waals surface area contributed by atoms with Crippen LogP contribution in [0.15, 0.2) is 67.4 Å². The van der Waals surface area contributed by atoms with Crippen molar-refractivity contribution < 1.29 is 19.2 Å². The molecule has 3 aliphatic rings. The van der Waals surface area contributed by atoms with Crippen molar-refractivity contribution in [3.05, 3.63) is 88.6 Å². The molecule has 7 heteroatoms. The summed E-state index contributed by atoms with van der Waals surface area (Å²) in [6, 6.07) is 14.5. The molecule has 0 saturated carbocycles. The first-order chi connectivity index (χ1) is 16.4. The Bertz CT molecular complexity index is 1230. The maximum absolute atomic E-state index is 11.8. The molecule has 6 rings (SSSR count). The first kappa shape index (κ1) is 22.5. The van der Waals surface area contributed by atoms with Gasteiger partial charge in [-0.15, -0.1) is 6.58 Å². The Balaban J connectivity index is 1.53. The van der Waals surface area contributed by atoms with Crippen molar-refractivity contribution in [3.8, 4) is 5.75 Å². The number of methoxy groups -OCH3 is 1. The maximum atomic E-state index is 11.8. The Morgan fingerprint density at radius 1 is 1.29 bits per heavy atom. The molecular formula is C27H30N3O4+. The average Bonchev–Trinajstić information content (AvgIpc) is 2.87. The highest BCUT2D eigenvalue weighted by molar-refractivity contribution is 5.83. The zero-order valence-corrected chi connectivity index (χ0v) is 19.3. The predicted molar refractivity (Wildman–Crippen MR) is 130 cm³/mol. The molecule has 1 N–H and O–H groups in total. The van der Waals surface area contributed by atoms with E-state index in [1.54, 1.807) is 25.4 Å². The van der Waals surface area contributed by atoms with Crippen molar-refractivity contribution in [2.24, 2.45) is 11.8 Å². The van der Waals surface area contributed by atoms with Crippen LogP contribution in [0.25, 0.3) is 10.9 Å². The Hall–Kier alpha value is -3.29. The van der Waals surface area contributed by atoms with Gasteiger partial charge >= 0.3 is 0 Å². The van der Waals surface area contributed by atoms with E-state index in [-0.39, 0.29) is 16.7 Å². The molecule has 3 fully saturated rings. The van der Waals surface area contributed by atoms with Gasteiger partial charge in [-0.1, -0.05) is 6.08 Å². The zero-order chi connectivity index (χ0) is 23.9. The van der Waals surface area contributed by atoms with E-state index in [4.69, 9.17) is 4.74 Å². The minimum absolute atomic E-state index is 0.0157. The molecule has 34 heavy (non-hydrogen) atoms. The first-order valence-corrected chi connectivity index (χ1v) is 11.8. The number of nitro groups is 1. The van der Waals surface area contributed by atoms with Crippen LogP contribution in [0, 0.1) is 22.0 Å². The number of fused-ring (bicyclic) bond motifs is 4. The van der Waals surface area contributed by atoms with Crippen molar-refractivity contribution >= 4 is 16.6 Å². The van der Waals surface area contributed by atoms with Crippen molar-refractivity contribution in [1.82, 2.24) is 4.98 Å². The summed E-state index contributed by atoms with van der Waals surface area (Å²) in [6.07, 6.45) is 5.18. The summed E-state index contributed by atoms with van der Waals surface area (Å²) < 4.78 is 6.18. The van der Waals surface area contributed by atoms with Crippen LogP contribution >= 0.6 is 0 Å². The standard InChI is InChI=1S/C27H30N3O4/c1-3-19-17-30(16-18-4-6-21(7-5-18)29(32)33)13-11-20(19)14-26(30)27(31)23-10-12-28-25-9-8-22(34-2)15-24(23)25/h3-10,12,15,19-20,26-27,31H,1,11,13-14,16-17H2,2H3/q+1/t19-,20?,26-,27-,30?/m0/s1. The molecule has 2 bridgehead atoms. The number of hydrogen-bond acceptors (Lipinski definition) is 5. The number of nitrogens with zero attached hydrogens (tertiary/aromatic N) is 3. The third-order valence-electron chi connectivity index (χ3n) is 7.99. The van der Waals surface area contributed by atoms with E-state index in [9.17, 15) is 15.2 Å². The number of piperidine rings is 3. The lowest BCUT2D eigenvalue weighted by atomic mass is 9.71. The molecule has 5 atom stereocenters. The molecule has 0 aliphatic carbocycles. The van der Waals surface area contributed by atoms with Gasteiger partial charge in [0.2, 0.25) is 0 Å². The first-order valence-electron chi connectivity index (χ1n) is 11.8. The minimum atomic E-state index is -0.663. The summed E-state index contributed by atoms with van der Waals surface area (Å²) in [5.41, 5.74) is 2.85. The third kappa shape index (κ3) is 3.85. The van der Waals surface area contributed by atoms with E-state index in [0.29, 0.717) is 11.8 Å². The van der Waals surface area contributed by atoms with Gasteiger partial charge in [0.25, 0.3) is 5.69 Å². The maximum Gasteiger partial charge on any atom is 0.269 e. The molecule has 2 unspecified atom stereocenters. The zero-order valence-electron chi connectivity index (χ0n) is 19.3. The van der Waals surface area contributed by atoms with Gasteiger partial charge < -0.3 is 14.3 Å². The van der Waals surface area contributed by atoms with Crippen LogP contribution in [0.1, 0.15) is 30.1 Å². The van der Waals surface area contributed by atoms with Crippen molar-refractivity contribution in [1.29, 1.82) is 0 Å². The lowest BCUT2D eigenvalue weighted by Gasteiger charge is -2.58. The number of pyridine rings is 1. The number of benzene rings is 2. The summed E-state index contributed by atoms with van der Waals surface area (Å²) in [5, 5.41) is 23.9. The summed E-state index contributed by atoms with van der Waals surface area (Å²) >= 11 is 0. The number of aliphatic hydroxyl groups excluding tert-OH is 1. The van der Waals surface area contributed by atoms with E-state index in [2.05, 4.69) is 17.6 Å². The largest absolute Gasteiger partial charge is 0.497 e. The minimum Gasteiger partial charge on any atom is -0.497 e. The van der Waals surface area contributed by atoms with Crippen LogP contribution in [0.3, 0.4) is 0 Å². The Morgan fingerprint density at radius 3 is 2.79 bits per heavy atom. The van der Waals surface area contributed by atoms with E-state index in [1.807, 2.05) is 36.4 Å². The number of rotatable bonds is 7. The lowest BCUT2D eigenvalue weighted by Crippen LogP contribution is -2.67. The second-order valence-corrected chi connectivity index (χ2v) is 9.69. The molecular weight excluding hydrogens is 430 g/mol. The molecule has 3 aliphatic heterocycles. The fraction of sp³-hybridized carbons (Fsp3) is 0.370. The molecule has 176 valence electrons. The highest BCUT2D eigenvalue weighted by atomic mass is 16.6. The topological polar surface area (TPSA) is 85.5 Å². The molecule has 3 aromatic rings. The Labute approximate surface area is 199 Å². The van der Waals surface area contributed by atoms with Gasteiger partial charge in [-0.05, 0) is 47.9 Å². The van der Waals surface area contributed by atoms with Crippen LogP contribution in [-0.4, -0.2) is 45.7 Å². The predicted octanol–water partition coefficient (Wildman–Crippen LogP) is 4.80. The van der Waals surface area contributed by atoms with Gasteiger partial charge in [-0.2, -0.15) is 0 Å². The summed E-state index contributed by atoms with van der Waals surface area (Å²) in [6.45, 7) is 6.70. The molecule has 1 aromatic heterocycles. The van der Waals surface area contributed by atoms with E-state index < -0.39 is 6.10 Å². The summed E-state index contributed by atoms with van der Waals surface area (Å²) in [4.78, 5) is 15.2. The van der Waals surface area contributed by atoms with E-state index in [0.717, 1.165) is 64.7 Å². The lowest BCUT2D eigenvalue weighted by molar-refractivity contribution is -0.984. The second kappa shape index (κ2) is 8.81. The van der Waals surface area contributed by atoms with Gasteiger partial charge in [0.1, 0.15) is 24.4 Å². The SMILES string of the molecule is C=C[C@H]1C[N+]2(Cc3ccc([N+](=O)[O-])cc3)CCC1C[C@H]2[C@@H](O)c1ccnc2ccc(OC)cc12. The average molecular weight is 461 g/mol. The van der Waals surface area contributed by atoms with Crippen LogP contribution in [-0.2, 0) is 6.54 Å². The van der Waals surface area contributed by atoms with Gasteiger partial charge in [0.15, 0.2) is 0 Å². The molecule has 7 nitrogen and oxygen atoms in total. The fourth-order valence-corrected chi connectivity index (χ4v) is 6.21. The van der Waals surface area contributed by atoms with Crippen LogP contribution in [0.4, 0.5) is 5.69 Å². The normalized spacial score (nSPS) is 26.8. The van der Waals surface area contributed by atoms with Gasteiger partial charge in [-0.3, -0.25) is 15.1 Å². The summed E-state index contributed by atoms with van der Waals surface area (Å²) in [7, 11) is 1.64. The molecule has 3 saturated heterocycles. The fourth-order valence-electron chi connectivity index (χ4n) is 6.21.